The van der Waals surface area contributed by atoms with Crippen molar-refractivity contribution in [2.45, 2.75) is 25.8 Å². The first-order valence-electron chi connectivity index (χ1n) is 5.70. The number of primary amides is 1. The number of unbranched alkanes of at least 4 members (excludes halogenated alkanes) is 2. The maximum atomic E-state index is 11.0. The predicted octanol–water partition coefficient (Wildman–Crippen LogP) is 1.57. The van der Waals surface area contributed by atoms with Crippen molar-refractivity contribution >= 4 is 5.91 Å². The molecule has 0 radical (unpaired) electrons. The minimum atomic E-state index is -0.402. The minimum absolute atomic E-state index is 0.402. The molecule has 90 valence electrons. The second-order valence-electron chi connectivity index (χ2n) is 3.86. The molecular formula is C13H17N3O. The fraction of sp³-hybridized carbons (Fsp3) is 0.385. The summed E-state index contributed by atoms with van der Waals surface area (Å²) in [5.41, 5.74) is 6.78. The smallest absolute Gasteiger partial charge is 0.248 e. The molecule has 0 bridgehead atoms. The summed E-state index contributed by atoms with van der Waals surface area (Å²) in [6.07, 6.45) is 2.52. The van der Waals surface area contributed by atoms with Gasteiger partial charge in [0.1, 0.15) is 0 Å². The highest BCUT2D eigenvalue weighted by molar-refractivity contribution is 5.92. The van der Waals surface area contributed by atoms with Gasteiger partial charge in [-0.1, -0.05) is 12.1 Å². The molecule has 0 fully saturated rings. The lowest BCUT2D eigenvalue weighted by Crippen LogP contribution is -2.16. The van der Waals surface area contributed by atoms with Crippen LogP contribution in [0.1, 0.15) is 35.2 Å². The molecule has 17 heavy (non-hydrogen) atoms. The van der Waals surface area contributed by atoms with Crippen LogP contribution in [0.5, 0.6) is 0 Å². The zero-order valence-corrected chi connectivity index (χ0v) is 9.78. The van der Waals surface area contributed by atoms with Gasteiger partial charge in [-0.15, -0.1) is 0 Å². The molecule has 1 aromatic rings. The third kappa shape index (κ3) is 5.14. The summed E-state index contributed by atoms with van der Waals surface area (Å²) in [7, 11) is 0. The number of carbonyl (C=O) groups excluding carboxylic acids is 1. The largest absolute Gasteiger partial charge is 0.366 e. The number of amides is 1. The van der Waals surface area contributed by atoms with E-state index in [1.165, 1.54) is 0 Å². The van der Waals surface area contributed by atoms with Gasteiger partial charge in [0.15, 0.2) is 0 Å². The van der Waals surface area contributed by atoms with Crippen molar-refractivity contribution in [1.29, 1.82) is 5.26 Å². The molecule has 3 N–H and O–H groups in total. The monoisotopic (exact) mass is 231 g/mol. The van der Waals surface area contributed by atoms with Crippen LogP contribution in [0.2, 0.25) is 0 Å². The van der Waals surface area contributed by atoms with E-state index in [9.17, 15) is 4.79 Å². The highest BCUT2D eigenvalue weighted by atomic mass is 16.1. The Morgan fingerprint density at radius 3 is 2.94 bits per heavy atom. The molecule has 0 saturated heterocycles. The van der Waals surface area contributed by atoms with Crippen LogP contribution in [-0.2, 0) is 6.54 Å². The van der Waals surface area contributed by atoms with Gasteiger partial charge in [-0.25, -0.2) is 0 Å². The standard InChI is InChI=1S/C13H17N3O/c14-7-2-1-3-8-16-10-11-5-4-6-12(9-11)13(15)17/h4-6,9,16H,1-3,8,10H2,(H2,15,17). The third-order valence-electron chi connectivity index (χ3n) is 2.43. The molecule has 1 amide bonds. The highest BCUT2D eigenvalue weighted by Crippen LogP contribution is 2.04. The van der Waals surface area contributed by atoms with Crippen LogP contribution in [0, 0.1) is 11.3 Å². The Morgan fingerprint density at radius 2 is 2.24 bits per heavy atom. The molecular weight excluding hydrogens is 214 g/mol. The van der Waals surface area contributed by atoms with Crippen molar-refractivity contribution < 1.29 is 4.79 Å². The van der Waals surface area contributed by atoms with Crippen LogP contribution in [0.3, 0.4) is 0 Å². The number of carbonyl (C=O) groups is 1. The molecule has 0 atom stereocenters. The number of nitriles is 1. The number of rotatable bonds is 7. The molecule has 0 spiro atoms. The van der Waals surface area contributed by atoms with Crippen LogP contribution in [0.25, 0.3) is 0 Å². The van der Waals surface area contributed by atoms with E-state index in [1.807, 2.05) is 12.1 Å². The quantitative estimate of drug-likeness (QED) is 0.699. The molecule has 0 unspecified atom stereocenters. The first kappa shape index (κ1) is 13.2. The van der Waals surface area contributed by atoms with Gasteiger partial charge in [-0.3, -0.25) is 4.79 Å². The van der Waals surface area contributed by atoms with Crippen molar-refractivity contribution in [2.75, 3.05) is 6.54 Å². The maximum absolute atomic E-state index is 11.0. The molecule has 0 aliphatic carbocycles. The van der Waals surface area contributed by atoms with Gasteiger partial charge >= 0.3 is 0 Å². The molecule has 0 aliphatic rings. The van der Waals surface area contributed by atoms with Gasteiger partial charge in [0.25, 0.3) is 0 Å². The number of nitrogens with zero attached hydrogens (tertiary/aromatic N) is 1. The summed E-state index contributed by atoms with van der Waals surface area (Å²) in [4.78, 5) is 11.0. The first-order valence-corrected chi connectivity index (χ1v) is 5.70. The Balaban J connectivity index is 2.30. The van der Waals surface area contributed by atoms with Crippen LogP contribution < -0.4 is 11.1 Å². The van der Waals surface area contributed by atoms with E-state index in [0.717, 1.165) is 24.9 Å². The zero-order valence-electron chi connectivity index (χ0n) is 9.78. The Morgan fingerprint density at radius 1 is 1.41 bits per heavy atom. The summed E-state index contributed by atoms with van der Waals surface area (Å²) in [5, 5.41) is 11.6. The fourth-order valence-electron chi connectivity index (χ4n) is 1.52. The lowest BCUT2D eigenvalue weighted by Gasteiger charge is -2.05. The van der Waals surface area contributed by atoms with E-state index in [0.29, 0.717) is 18.5 Å². The molecule has 4 nitrogen and oxygen atoms in total. The molecule has 0 aliphatic heterocycles. The number of hydrogen-bond donors (Lipinski definition) is 2. The molecule has 4 heteroatoms. The average Bonchev–Trinajstić information content (AvgIpc) is 2.34. The summed E-state index contributed by atoms with van der Waals surface area (Å²) < 4.78 is 0. The lowest BCUT2D eigenvalue weighted by atomic mass is 10.1. The van der Waals surface area contributed by atoms with Crippen molar-refractivity contribution in [3.63, 3.8) is 0 Å². The van der Waals surface area contributed by atoms with E-state index in [-0.39, 0.29) is 0 Å². The summed E-state index contributed by atoms with van der Waals surface area (Å²) in [5.74, 6) is -0.402. The normalized spacial score (nSPS) is 9.82. The zero-order chi connectivity index (χ0) is 12.5. The molecule has 0 saturated carbocycles. The lowest BCUT2D eigenvalue weighted by molar-refractivity contribution is 0.1000. The van der Waals surface area contributed by atoms with Crippen molar-refractivity contribution in [1.82, 2.24) is 5.32 Å². The van der Waals surface area contributed by atoms with E-state index in [2.05, 4.69) is 11.4 Å². The average molecular weight is 231 g/mol. The van der Waals surface area contributed by atoms with Crippen LogP contribution in [0.15, 0.2) is 24.3 Å². The fourth-order valence-corrected chi connectivity index (χ4v) is 1.52. The van der Waals surface area contributed by atoms with Gasteiger partial charge in [0, 0.05) is 18.5 Å². The SMILES string of the molecule is N#CCCCCNCc1cccc(C(N)=O)c1. The van der Waals surface area contributed by atoms with Crippen LogP contribution >= 0.6 is 0 Å². The second kappa shape index (κ2) is 7.42. The second-order valence-corrected chi connectivity index (χ2v) is 3.86. The van der Waals surface area contributed by atoms with E-state index < -0.39 is 5.91 Å². The summed E-state index contributed by atoms with van der Waals surface area (Å²) in [6.45, 7) is 1.59. The Kier molecular flexibility index (Phi) is 5.76. The number of nitrogens with two attached hydrogens (primary N) is 1. The number of benzene rings is 1. The molecule has 1 rings (SSSR count). The molecule has 0 heterocycles. The Bertz CT molecular complexity index is 409. The molecule has 1 aromatic carbocycles. The maximum Gasteiger partial charge on any atom is 0.248 e. The third-order valence-corrected chi connectivity index (χ3v) is 2.43. The van der Waals surface area contributed by atoms with Gasteiger partial charge in [-0.05, 0) is 37.1 Å². The Hall–Kier alpha value is -1.86. The molecule has 0 aromatic heterocycles. The van der Waals surface area contributed by atoms with Crippen LogP contribution in [0.4, 0.5) is 0 Å². The van der Waals surface area contributed by atoms with Gasteiger partial charge in [0.2, 0.25) is 5.91 Å². The van der Waals surface area contributed by atoms with Crippen LogP contribution in [-0.4, -0.2) is 12.5 Å². The van der Waals surface area contributed by atoms with Crippen molar-refractivity contribution in [3.05, 3.63) is 35.4 Å². The van der Waals surface area contributed by atoms with Crippen molar-refractivity contribution in [3.8, 4) is 6.07 Å². The Labute approximate surface area is 101 Å². The first-order chi connectivity index (χ1) is 8.24. The summed E-state index contributed by atoms with van der Waals surface area (Å²) >= 11 is 0. The minimum Gasteiger partial charge on any atom is -0.366 e. The van der Waals surface area contributed by atoms with Gasteiger partial charge in [0.05, 0.1) is 6.07 Å². The van der Waals surface area contributed by atoms with Gasteiger partial charge in [-0.2, -0.15) is 5.26 Å². The van der Waals surface area contributed by atoms with E-state index in [1.54, 1.807) is 12.1 Å². The van der Waals surface area contributed by atoms with E-state index in [4.69, 9.17) is 11.0 Å². The van der Waals surface area contributed by atoms with Gasteiger partial charge < -0.3 is 11.1 Å². The van der Waals surface area contributed by atoms with E-state index >= 15 is 0 Å². The van der Waals surface area contributed by atoms with Crippen molar-refractivity contribution in [2.24, 2.45) is 5.73 Å². The number of hydrogen-bond acceptors (Lipinski definition) is 3. The summed E-state index contributed by atoms with van der Waals surface area (Å²) in [6, 6.07) is 9.40. The highest BCUT2D eigenvalue weighted by Gasteiger charge is 2.00. The topological polar surface area (TPSA) is 78.9 Å². The number of nitrogens with one attached hydrogen (secondary N) is 1. The predicted molar refractivity (Wildman–Crippen MR) is 66.1 cm³/mol.